The first kappa shape index (κ1) is 16.4. The van der Waals surface area contributed by atoms with Gasteiger partial charge >= 0.3 is 0 Å². The Balaban J connectivity index is 2.60. The Kier molecular flexibility index (Phi) is 6.80. The summed E-state index contributed by atoms with van der Waals surface area (Å²) < 4.78 is 6.03. The number of ether oxygens (including phenoxy) is 1. The number of carbonyl (C=O) groups excluding carboxylic acids is 1. The van der Waals surface area contributed by atoms with Crippen molar-refractivity contribution < 1.29 is 9.53 Å². The second-order valence-corrected chi connectivity index (χ2v) is 5.59. The van der Waals surface area contributed by atoms with Crippen LogP contribution >= 0.6 is 0 Å². The average Bonchev–Trinajstić information content (AvgIpc) is 2.73. The van der Waals surface area contributed by atoms with E-state index in [-0.39, 0.29) is 17.6 Å². The third-order valence-corrected chi connectivity index (χ3v) is 4.35. The molecule has 112 valence electrons. The smallest absolute Gasteiger partial charge is 0.251 e. The molecule has 4 heteroatoms. The number of amides is 1. The Morgan fingerprint density at radius 3 is 2.16 bits per heavy atom. The number of nitrogens with zero attached hydrogens (tertiary/aromatic N) is 1. The van der Waals surface area contributed by atoms with Crippen molar-refractivity contribution in [1.29, 1.82) is 0 Å². The second-order valence-electron chi connectivity index (χ2n) is 5.59. The topological polar surface area (TPSA) is 55.6 Å². The molecule has 1 unspecified atom stereocenters. The predicted octanol–water partition coefficient (Wildman–Crippen LogP) is 2.31. The number of nitrogens with two attached hydrogens (primary N) is 1. The fourth-order valence-corrected chi connectivity index (χ4v) is 2.73. The van der Waals surface area contributed by atoms with Crippen molar-refractivity contribution in [2.75, 3.05) is 19.6 Å². The highest BCUT2D eigenvalue weighted by Gasteiger charge is 2.32. The number of likely N-dealkylation sites (tertiary alicyclic amines) is 1. The van der Waals surface area contributed by atoms with Gasteiger partial charge in [0.25, 0.3) is 5.91 Å². The van der Waals surface area contributed by atoms with Gasteiger partial charge < -0.3 is 15.4 Å². The third-order valence-electron chi connectivity index (χ3n) is 4.35. The Morgan fingerprint density at radius 1 is 1.21 bits per heavy atom. The summed E-state index contributed by atoms with van der Waals surface area (Å²) >= 11 is 0. The molecule has 0 aromatic heterocycles. The molecule has 0 spiro atoms. The number of hydrogen-bond acceptors (Lipinski definition) is 3. The molecule has 0 saturated carbocycles. The molecule has 1 amide bonds. The largest absolute Gasteiger partial charge is 0.361 e. The molecule has 1 rings (SSSR count). The van der Waals surface area contributed by atoms with Crippen LogP contribution in [0, 0.1) is 0 Å². The van der Waals surface area contributed by atoms with Gasteiger partial charge in [0, 0.05) is 19.6 Å². The summed E-state index contributed by atoms with van der Waals surface area (Å²) in [6.07, 6.45) is 5.99. The van der Waals surface area contributed by atoms with Gasteiger partial charge in [-0.05, 0) is 32.6 Å². The fourth-order valence-electron chi connectivity index (χ4n) is 2.73. The summed E-state index contributed by atoms with van der Waals surface area (Å²) in [5, 5.41) is 0. The molecule has 2 N–H and O–H groups in total. The van der Waals surface area contributed by atoms with Crippen molar-refractivity contribution in [2.45, 2.75) is 71.0 Å². The maximum absolute atomic E-state index is 12.4. The Labute approximate surface area is 117 Å². The van der Waals surface area contributed by atoms with Crippen molar-refractivity contribution in [3.63, 3.8) is 0 Å². The first-order chi connectivity index (χ1) is 9.08. The highest BCUT2D eigenvalue weighted by Crippen LogP contribution is 2.22. The highest BCUT2D eigenvalue weighted by molar-refractivity contribution is 5.80. The zero-order valence-electron chi connectivity index (χ0n) is 12.8. The normalized spacial score (nSPS) is 19.1. The molecule has 0 radical (unpaired) electrons. The average molecular weight is 270 g/mol. The molecule has 4 nitrogen and oxygen atoms in total. The van der Waals surface area contributed by atoms with Crippen LogP contribution in [0.2, 0.25) is 0 Å². The quantitative estimate of drug-likeness (QED) is 0.806. The van der Waals surface area contributed by atoms with Crippen molar-refractivity contribution in [3.8, 4) is 0 Å². The maximum Gasteiger partial charge on any atom is 0.251 e. The van der Waals surface area contributed by atoms with Gasteiger partial charge in [-0.25, -0.2) is 0 Å². The van der Waals surface area contributed by atoms with Crippen LogP contribution in [0.25, 0.3) is 0 Å². The van der Waals surface area contributed by atoms with Crippen LogP contribution in [0.3, 0.4) is 0 Å². The molecule has 1 atom stereocenters. The first-order valence-corrected chi connectivity index (χ1v) is 7.75. The lowest BCUT2D eigenvalue weighted by Gasteiger charge is -2.35. The predicted molar refractivity (Wildman–Crippen MR) is 78.0 cm³/mol. The third kappa shape index (κ3) is 4.46. The SMILES string of the molecule is CCC(CC)(CN)OC(C)C(=O)N1CCCCCC1. The Hall–Kier alpha value is -0.610. The zero-order chi connectivity index (χ0) is 14.3. The fraction of sp³-hybridized carbons (Fsp3) is 0.933. The van der Waals surface area contributed by atoms with Crippen molar-refractivity contribution in [3.05, 3.63) is 0 Å². The molecule has 1 aliphatic heterocycles. The molecule has 19 heavy (non-hydrogen) atoms. The molecular weight excluding hydrogens is 240 g/mol. The van der Waals surface area contributed by atoms with E-state index in [2.05, 4.69) is 13.8 Å². The Morgan fingerprint density at radius 2 is 1.74 bits per heavy atom. The van der Waals surface area contributed by atoms with E-state index in [0.717, 1.165) is 38.8 Å². The van der Waals surface area contributed by atoms with E-state index in [4.69, 9.17) is 10.5 Å². The molecule has 0 bridgehead atoms. The summed E-state index contributed by atoms with van der Waals surface area (Å²) in [5.41, 5.74) is 5.48. The van der Waals surface area contributed by atoms with Crippen LogP contribution in [0.15, 0.2) is 0 Å². The minimum atomic E-state index is -0.387. The van der Waals surface area contributed by atoms with Crippen LogP contribution in [-0.2, 0) is 9.53 Å². The van der Waals surface area contributed by atoms with Gasteiger partial charge in [0.15, 0.2) is 0 Å². The van der Waals surface area contributed by atoms with Crippen molar-refractivity contribution in [1.82, 2.24) is 4.90 Å². The second kappa shape index (κ2) is 7.85. The molecule has 0 aromatic rings. The van der Waals surface area contributed by atoms with E-state index < -0.39 is 0 Å². The van der Waals surface area contributed by atoms with E-state index in [1.807, 2.05) is 11.8 Å². The molecule has 1 aliphatic rings. The molecule has 1 saturated heterocycles. The lowest BCUT2D eigenvalue weighted by Crippen LogP contribution is -2.47. The van der Waals surface area contributed by atoms with E-state index in [0.29, 0.717) is 6.54 Å². The summed E-state index contributed by atoms with van der Waals surface area (Å²) in [4.78, 5) is 14.4. The van der Waals surface area contributed by atoms with Crippen LogP contribution in [-0.4, -0.2) is 42.1 Å². The van der Waals surface area contributed by atoms with Gasteiger partial charge in [-0.3, -0.25) is 4.79 Å². The minimum Gasteiger partial charge on any atom is -0.361 e. The van der Waals surface area contributed by atoms with Gasteiger partial charge in [0.1, 0.15) is 6.10 Å². The lowest BCUT2D eigenvalue weighted by molar-refractivity contribution is -0.156. The maximum atomic E-state index is 12.4. The summed E-state index contributed by atoms with van der Waals surface area (Å²) in [7, 11) is 0. The summed E-state index contributed by atoms with van der Waals surface area (Å²) in [6.45, 7) is 8.22. The number of rotatable bonds is 6. The van der Waals surface area contributed by atoms with Gasteiger partial charge in [-0.1, -0.05) is 26.7 Å². The molecule has 0 aromatic carbocycles. The van der Waals surface area contributed by atoms with Crippen LogP contribution in [0.4, 0.5) is 0 Å². The van der Waals surface area contributed by atoms with E-state index >= 15 is 0 Å². The lowest BCUT2D eigenvalue weighted by atomic mass is 9.97. The number of carbonyl (C=O) groups is 1. The molecular formula is C15H30N2O2. The zero-order valence-corrected chi connectivity index (χ0v) is 12.8. The molecule has 1 fully saturated rings. The molecule has 1 heterocycles. The Bertz CT molecular complexity index is 261. The van der Waals surface area contributed by atoms with Gasteiger partial charge in [0.2, 0.25) is 0 Å². The van der Waals surface area contributed by atoms with E-state index in [1.165, 1.54) is 12.8 Å². The first-order valence-electron chi connectivity index (χ1n) is 7.75. The van der Waals surface area contributed by atoms with Crippen LogP contribution < -0.4 is 5.73 Å². The summed E-state index contributed by atoms with van der Waals surface area (Å²) in [6, 6.07) is 0. The van der Waals surface area contributed by atoms with E-state index in [9.17, 15) is 4.79 Å². The van der Waals surface area contributed by atoms with Gasteiger partial charge in [0.05, 0.1) is 5.60 Å². The highest BCUT2D eigenvalue weighted by atomic mass is 16.5. The monoisotopic (exact) mass is 270 g/mol. The molecule has 0 aliphatic carbocycles. The van der Waals surface area contributed by atoms with Gasteiger partial charge in [-0.2, -0.15) is 0 Å². The summed E-state index contributed by atoms with van der Waals surface area (Å²) in [5.74, 6) is 0.127. The van der Waals surface area contributed by atoms with Crippen LogP contribution in [0.1, 0.15) is 59.3 Å². The number of hydrogen-bond donors (Lipinski definition) is 1. The van der Waals surface area contributed by atoms with Crippen LogP contribution in [0.5, 0.6) is 0 Å². The standard InChI is InChI=1S/C15H30N2O2/c1-4-15(5-2,12-16)19-13(3)14(18)17-10-8-6-7-9-11-17/h13H,4-12,16H2,1-3H3. The van der Waals surface area contributed by atoms with Crippen molar-refractivity contribution >= 4 is 5.91 Å². The van der Waals surface area contributed by atoms with E-state index in [1.54, 1.807) is 0 Å². The minimum absolute atomic E-state index is 0.127. The van der Waals surface area contributed by atoms with Crippen molar-refractivity contribution in [2.24, 2.45) is 5.73 Å². The van der Waals surface area contributed by atoms with Gasteiger partial charge in [-0.15, -0.1) is 0 Å².